The zero-order valence-electron chi connectivity index (χ0n) is 29.5. The Morgan fingerprint density at radius 2 is 0.764 bits per heavy atom. The number of hydrogen-bond donors (Lipinski definition) is 0. The molecular formula is C51H30N2O2. The highest BCUT2D eigenvalue weighted by molar-refractivity contribution is 6.12. The van der Waals surface area contributed by atoms with Crippen molar-refractivity contribution < 1.29 is 8.83 Å². The van der Waals surface area contributed by atoms with E-state index in [0.717, 1.165) is 105 Å². The first-order chi connectivity index (χ1) is 27.1. The Balaban J connectivity index is 1.03. The van der Waals surface area contributed by atoms with Gasteiger partial charge in [0, 0.05) is 38.6 Å². The molecule has 0 unspecified atom stereocenters. The van der Waals surface area contributed by atoms with Crippen molar-refractivity contribution in [2.45, 2.75) is 0 Å². The molecule has 2 aromatic heterocycles. The summed E-state index contributed by atoms with van der Waals surface area (Å²) < 4.78 is 12.5. The first kappa shape index (κ1) is 31.0. The van der Waals surface area contributed by atoms with Crippen LogP contribution in [0.3, 0.4) is 0 Å². The van der Waals surface area contributed by atoms with Gasteiger partial charge in [0.2, 0.25) is 0 Å². The van der Waals surface area contributed by atoms with E-state index in [1.54, 1.807) is 0 Å². The minimum absolute atomic E-state index is 0.662. The Hall–Kier alpha value is -7.61. The number of nitrogens with zero attached hydrogens (tertiary/aromatic N) is 2. The van der Waals surface area contributed by atoms with Crippen LogP contribution in [-0.2, 0) is 0 Å². The second kappa shape index (κ2) is 12.2. The summed E-state index contributed by atoms with van der Waals surface area (Å²) >= 11 is 0. The lowest BCUT2D eigenvalue weighted by atomic mass is 9.99. The van der Waals surface area contributed by atoms with Gasteiger partial charge >= 0.3 is 0 Å². The molecule has 0 amide bonds. The highest BCUT2D eigenvalue weighted by atomic mass is 16.3. The van der Waals surface area contributed by atoms with Gasteiger partial charge in [-0.15, -0.1) is 0 Å². The molecule has 0 spiro atoms. The van der Waals surface area contributed by atoms with Crippen LogP contribution in [0.5, 0.6) is 0 Å². The predicted octanol–water partition coefficient (Wildman–Crippen LogP) is 14.5. The van der Waals surface area contributed by atoms with Crippen LogP contribution >= 0.6 is 0 Å². The molecule has 0 saturated carbocycles. The third-order valence-electron chi connectivity index (χ3n) is 10.8. The minimum atomic E-state index is 0.662. The summed E-state index contributed by atoms with van der Waals surface area (Å²) in [6, 6.07) is 65.9. The molecule has 0 saturated heterocycles. The number of hydrogen-bond acceptors (Lipinski definition) is 4. The second-order valence-corrected chi connectivity index (χ2v) is 14.1. The molecule has 55 heavy (non-hydrogen) atoms. The van der Waals surface area contributed by atoms with Gasteiger partial charge in [-0.1, -0.05) is 97.1 Å². The number of fused-ring (bicyclic) bond motifs is 8. The summed E-state index contributed by atoms with van der Waals surface area (Å²) in [7, 11) is 0. The molecule has 0 atom stereocenters. The predicted molar refractivity (Wildman–Crippen MR) is 226 cm³/mol. The van der Waals surface area contributed by atoms with Crippen molar-refractivity contribution in [3.63, 3.8) is 0 Å². The molecule has 4 heteroatoms. The molecule has 0 aliphatic rings. The quantitative estimate of drug-likeness (QED) is 0.179. The van der Waals surface area contributed by atoms with E-state index >= 15 is 0 Å². The van der Waals surface area contributed by atoms with Crippen LogP contribution in [0, 0.1) is 11.3 Å². The Kier molecular flexibility index (Phi) is 6.89. The Bertz CT molecular complexity index is 3160. The summed E-state index contributed by atoms with van der Waals surface area (Å²) in [6.45, 7) is 0. The maximum atomic E-state index is 9.19. The molecule has 0 fully saturated rings. The average Bonchev–Trinajstić information content (AvgIpc) is 3.79. The number of benzene rings is 9. The highest BCUT2D eigenvalue weighted by Crippen LogP contribution is 2.41. The Labute approximate surface area is 316 Å². The molecule has 0 N–H and O–H groups in total. The fraction of sp³-hybridized carbons (Fsp3) is 0. The summed E-state index contributed by atoms with van der Waals surface area (Å²) in [5.41, 5.74) is 11.9. The van der Waals surface area contributed by atoms with Gasteiger partial charge in [-0.2, -0.15) is 5.26 Å². The van der Waals surface area contributed by atoms with Gasteiger partial charge in [0.25, 0.3) is 0 Å². The van der Waals surface area contributed by atoms with Crippen molar-refractivity contribution >= 4 is 82.5 Å². The van der Waals surface area contributed by atoms with Crippen molar-refractivity contribution in [2.24, 2.45) is 0 Å². The zero-order chi connectivity index (χ0) is 36.5. The number of nitriles is 1. The first-order valence-electron chi connectivity index (χ1n) is 18.4. The third kappa shape index (κ3) is 5.22. The van der Waals surface area contributed by atoms with Crippen LogP contribution in [0.2, 0.25) is 0 Å². The van der Waals surface area contributed by atoms with Gasteiger partial charge in [0.1, 0.15) is 22.3 Å². The molecule has 0 aliphatic heterocycles. The molecule has 0 radical (unpaired) electrons. The Morgan fingerprint density at radius 1 is 0.345 bits per heavy atom. The lowest BCUT2D eigenvalue weighted by Crippen LogP contribution is -2.09. The summed E-state index contributed by atoms with van der Waals surface area (Å²) in [6.07, 6.45) is 0. The molecule has 9 aromatic carbocycles. The average molecular weight is 703 g/mol. The van der Waals surface area contributed by atoms with E-state index in [1.807, 2.05) is 48.5 Å². The molecule has 11 rings (SSSR count). The largest absolute Gasteiger partial charge is 0.456 e. The van der Waals surface area contributed by atoms with Crippen LogP contribution in [-0.4, -0.2) is 0 Å². The van der Waals surface area contributed by atoms with Crippen molar-refractivity contribution in [3.8, 4) is 28.3 Å². The number of anilines is 3. The molecule has 4 nitrogen and oxygen atoms in total. The van der Waals surface area contributed by atoms with Gasteiger partial charge in [-0.05, 0) is 129 Å². The number of furan rings is 2. The van der Waals surface area contributed by atoms with Gasteiger partial charge in [0.15, 0.2) is 0 Å². The van der Waals surface area contributed by atoms with E-state index < -0.39 is 0 Å². The molecule has 0 aliphatic carbocycles. The van der Waals surface area contributed by atoms with Crippen molar-refractivity contribution in [1.82, 2.24) is 0 Å². The van der Waals surface area contributed by atoms with E-state index in [1.165, 1.54) is 0 Å². The normalized spacial score (nSPS) is 11.6. The van der Waals surface area contributed by atoms with Crippen LogP contribution in [0.15, 0.2) is 191 Å². The smallest absolute Gasteiger partial charge is 0.136 e. The van der Waals surface area contributed by atoms with Gasteiger partial charge in [-0.25, -0.2) is 0 Å². The minimum Gasteiger partial charge on any atom is -0.456 e. The van der Waals surface area contributed by atoms with Crippen molar-refractivity contribution in [1.29, 1.82) is 5.26 Å². The van der Waals surface area contributed by atoms with Gasteiger partial charge in [0.05, 0.1) is 11.6 Å². The van der Waals surface area contributed by atoms with Crippen LogP contribution in [0.25, 0.3) is 87.7 Å². The van der Waals surface area contributed by atoms with E-state index in [2.05, 4.69) is 144 Å². The van der Waals surface area contributed by atoms with E-state index in [4.69, 9.17) is 8.83 Å². The highest BCUT2D eigenvalue weighted by Gasteiger charge is 2.17. The second-order valence-electron chi connectivity index (χ2n) is 14.1. The standard InChI is InChI=1S/C51H30N2O2/c52-31-32-9-11-33(12-10-32)34-13-15-35(16-14-34)36-17-21-41(22-18-36)53(42-23-19-37-29-50-46(27-39(37)25-42)44-5-1-3-7-48(44)54-50)43-24-20-38-30-51-47(28-40(38)26-43)45-6-2-4-8-49(45)55-51/h1-30H. The maximum absolute atomic E-state index is 9.19. The lowest BCUT2D eigenvalue weighted by molar-refractivity contribution is 0.669. The molecule has 2 heterocycles. The fourth-order valence-electron chi connectivity index (χ4n) is 8.03. The van der Waals surface area contributed by atoms with Crippen LogP contribution < -0.4 is 4.90 Å². The molecule has 11 aromatic rings. The van der Waals surface area contributed by atoms with Crippen molar-refractivity contribution in [3.05, 3.63) is 188 Å². The van der Waals surface area contributed by atoms with Gasteiger partial charge < -0.3 is 13.7 Å². The third-order valence-corrected chi connectivity index (χ3v) is 10.8. The summed E-state index contributed by atoms with van der Waals surface area (Å²) in [5, 5.41) is 18.2. The monoisotopic (exact) mass is 702 g/mol. The number of para-hydroxylation sites is 2. The van der Waals surface area contributed by atoms with Crippen LogP contribution in [0.1, 0.15) is 5.56 Å². The fourth-order valence-corrected chi connectivity index (χ4v) is 8.03. The van der Waals surface area contributed by atoms with E-state index in [-0.39, 0.29) is 0 Å². The lowest BCUT2D eigenvalue weighted by Gasteiger charge is -2.26. The van der Waals surface area contributed by atoms with Crippen molar-refractivity contribution in [2.75, 3.05) is 4.90 Å². The molecule has 0 bridgehead atoms. The topological polar surface area (TPSA) is 53.3 Å². The zero-order valence-corrected chi connectivity index (χ0v) is 29.5. The van der Waals surface area contributed by atoms with E-state index in [9.17, 15) is 5.26 Å². The first-order valence-corrected chi connectivity index (χ1v) is 18.4. The molecule has 256 valence electrons. The molecular weight excluding hydrogens is 673 g/mol. The van der Waals surface area contributed by atoms with Gasteiger partial charge in [-0.3, -0.25) is 0 Å². The SMILES string of the molecule is N#Cc1ccc(-c2ccc(-c3ccc(N(c4ccc5cc6oc7ccccc7c6cc5c4)c4ccc5cc6oc7ccccc7c6cc5c4)cc3)cc2)cc1. The summed E-state index contributed by atoms with van der Waals surface area (Å²) in [5.74, 6) is 0. The maximum Gasteiger partial charge on any atom is 0.136 e. The summed E-state index contributed by atoms with van der Waals surface area (Å²) in [4.78, 5) is 2.34. The number of rotatable bonds is 5. The van der Waals surface area contributed by atoms with Crippen LogP contribution in [0.4, 0.5) is 17.1 Å². The Morgan fingerprint density at radius 3 is 1.24 bits per heavy atom. The van der Waals surface area contributed by atoms with E-state index in [0.29, 0.717) is 5.56 Å².